The summed E-state index contributed by atoms with van der Waals surface area (Å²) < 4.78 is 0. The van der Waals surface area contributed by atoms with Gasteiger partial charge in [-0.15, -0.1) is 0 Å². The number of hydrogen-bond donors (Lipinski definition) is 1. The Morgan fingerprint density at radius 1 is 1.05 bits per heavy atom. The lowest BCUT2D eigenvalue weighted by Gasteiger charge is -2.32. The van der Waals surface area contributed by atoms with Crippen LogP contribution in [-0.2, 0) is 4.79 Å². The van der Waals surface area contributed by atoms with Gasteiger partial charge in [-0.1, -0.05) is 25.7 Å². The van der Waals surface area contributed by atoms with Crippen molar-refractivity contribution in [1.29, 1.82) is 0 Å². The number of carbonyl (C=O) groups excluding carboxylic acids is 1. The quantitative estimate of drug-likeness (QED) is 0.847. The molecule has 3 aliphatic rings. The summed E-state index contributed by atoms with van der Waals surface area (Å²) in [4.78, 5) is 16.8. The van der Waals surface area contributed by atoms with Crippen LogP contribution in [0.1, 0.15) is 57.8 Å². The Hall–Kier alpha value is -0.610. The van der Waals surface area contributed by atoms with Gasteiger partial charge in [-0.25, -0.2) is 0 Å². The third-order valence-electron chi connectivity index (χ3n) is 5.79. The van der Waals surface area contributed by atoms with Gasteiger partial charge in [-0.2, -0.15) is 0 Å². The van der Waals surface area contributed by atoms with Crippen LogP contribution in [0.25, 0.3) is 0 Å². The summed E-state index contributed by atoms with van der Waals surface area (Å²) in [6.45, 7) is 4.08. The first-order valence-corrected chi connectivity index (χ1v) is 8.85. The monoisotopic (exact) mass is 294 g/mol. The van der Waals surface area contributed by atoms with Crippen molar-refractivity contribution < 1.29 is 9.90 Å². The minimum atomic E-state index is -0.238. The van der Waals surface area contributed by atoms with Gasteiger partial charge in [0.1, 0.15) is 0 Å². The van der Waals surface area contributed by atoms with Gasteiger partial charge in [0.15, 0.2) is 0 Å². The molecule has 2 saturated heterocycles. The number of carbonyl (C=O) groups is 1. The molecule has 3 rings (SSSR count). The number of amides is 1. The van der Waals surface area contributed by atoms with E-state index in [1.54, 1.807) is 0 Å². The van der Waals surface area contributed by atoms with E-state index < -0.39 is 0 Å². The Bertz CT molecular complexity index is 364. The van der Waals surface area contributed by atoms with Crippen molar-refractivity contribution in [1.82, 2.24) is 9.80 Å². The van der Waals surface area contributed by atoms with Crippen LogP contribution in [0.3, 0.4) is 0 Å². The van der Waals surface area contributed by atoms with Crippen LogP contribution >= 0.6 is 0 Å². The van der Waals surface area contributed by atoms with E-state index in [0.717, 1.165) is 32.5 Å². The average molecular weight is 294 g/mol. The molecule has 4 heteroatoms. The predicted octanol–water partition coefficient (Wildman–Crippen LogP) is 2.02. The molecule has 0 aromatic heterocycles. The standard InChI is InChI=1S/C17H30N2O2/c20-15-6-5-10-18(12-15)13-16(21)19-11-9-17(14-19)7-3-1-2-4-8-17/h15,20H,1-14H2/t15-/m0/s1. The van der Waals surface area contributed by atoms with Gasteiger partial charge in [-0.05, 0) is 44.1 Å². The van der Waals surface area contributed by atoms with Crippen molar-refractivity contribution in [2.24, 2.45) is 5.41 Å². The molecule has 2 aliphatic heterocycles. The highest BCUT2D eigenvalue weighted by Gasteiger charge is 2.39. The summed E-state index contributed by atoms with van der Waals surface area (Å²) in [5.41, 5.74) is 0.438. The number of nitrogens with zero attached hydrogens (tertiary/aromatic N) is 2. The lowest BCUT2D eigenvalue weighted by Crippen LogP contribution is -2.45. The largest absolute Gasteiger partial charge is 0.392 e. The Morgan fingerprint density at radius 2 is 1.81 bits per heavy atom. The first kappa shape index (κ1) is 15.3. The number of likely N-dealkylation sites (tertiary alicyclic amines) is 2. The maximum Gasteiger partial charge on any atom is 0.236 e. The third kappa shape index (κ3) is 3.78. The van der Waals surface area contributed by atoms with Crippen molar-refractivity contribution in [3.63, 3.8) is 0 Å². The summed E-state index contributed by atoms with van der Waals surface area (Å²) in [5.74, 6) is 0.283. The highest BCUT2D eigenvalue weighted by Crippen LogP contribution is 2.42. The molecular formula is C17H30N2O2. The molecule has 120 valence electrons. The molecule has 0 unspecified atom stereocenters. The Balaban J connectivity index is 1.51. The molecule has 1 spiro atoms. The maximum atomic E-state index is 12.5. The molecule has 1 aliphatic carbocycles. The first-order valence-electron chi connectivity index (χ1n) is 8.85. The van der Waals surface area contributed by atoms with Crippen molar-refractivity contribution in [2.45, 2.75) is 63.9 Å². The van der Waals surface area contributed by atoms with E-state index >= 15 is 0 Å². The topological polar surface area (TPSA) is 43.8 Å². The van der Waals surface area contributed by atoms with Crippen LogP contribution in [0.15, 0.2) is 0 Å². The molecular weight excluding hydrogens is 264 g/mol. The minimum absolute atomic E-state index is 0.238. The summed E-state index contributed by atoms with van der Waals surface area (Å²) in [7, 11) is 0. The molecule has 0 aromatic carbocycles. The fourth-order valence-electron chi connectivity index (χ4n) is 4.50. The molecule has 0 radical (unpaired) electrons. The van der Waals surface area contributed by atoms with Gasteiger partial charge in [0.25, 0.3) is 0 Å². The average Bonchev–Trinajstić information content (AvgIpc) is 2.73. The van der Waals surface area contributed by atoms with Gasteiger partial charge in [0, 0.05) is 19.6 Å². The highest BCUT2D eigenvalue weighted by atomic mass is 16.3. The number of rotatable bonds is 2. The van der Waals surface area contributed by atoms with Crippen LogP contribution in [0.5, 0.6) is 0 Å². The number of aliphatic hydroxyl groups excluding tert-OH is 1. The normalized spacial score (nSPS) is 30.5. The van der Waals surface area contributed by atoms with Crippen LogP contribution in [0, 0.1) is 5.41 Å². The fraction of sp³-hybridized carbons (Fsp3) is 0.941. The van der Waals surface area contributed by atoms with Crippen molar-refractivity contribution in [3.05, 3.63) is 0 Å². The molecule has 21 heavy (non-hydrogen) atoms. The second kappa shape index (κ2) is 6.66. The smallest absolute Gasteiger partial charge is 0.236 e. The van der Waals surface area contributed by atoms with E-state index in [1.165, 1.54) is 44.9 Å². The molecule has 1 saturated carbocycles. The third-order valence-corrected chi connectivity index (χ3v) is 5.79. The van der Waals surface area contributed by atoms with E-state index in [-0.39, 0.29) is 12.0 Å². The van der Waals surface area contributed by atoms with Gasteiger partial charge < -0.3 is 10.0 Å². The Morgan fingerprint density at radius 3 is 2.52 bits per heavy atom. The summed E-state index contributed by atoms with van der Waals surface area (Å²) in [6.07, 6.45) is 11.0. The van der Waals surface area contributed by atoms with E-state index in [0.29, 0.717) is 18.5 Å². The molecule has 3 fully saturated rings. The van der Waals surface area contributed by atoms with Crippen LogP contribution < -0.4 is 0 Å². The minimum Gasteiger partial charge on any atom is -0.392 e. The van der Waals surface area contributed by atoms with E-state index in [2.05, 4.69) is 9.80 Å². The second-order valence-electron chi connectivity index (χ2n) is 7.51. The summed E-state index contributed by atoms with van der Waals surface area (Å²) >= 11 is 0. The zero-order valence-corrected chi connectivity index (χ0v) is 13.2. The van der Waals surface area contributed by atoms with Crippen molar-refractivity contribution in [2.75, 3.05) is 32.7 Å². The first-order chi connectivity index (χ1) is 10.2. The number of piperidine rings is 1. The SMILES string of the molecule is O=C(CN1CCC[C@H](O)C1)N1CCC2(CCCCCC2)C1. The van der Waals surface area contributed by atoms with Gasteiger partial charge in [0.2, 0.25) is 5.91 Å². The summed E-state index contributed by atoms with van der Waals surface area (Å²) in [5, 5.41) is 9.72. The molecule has 4 nitrogen and oxygen atoms in total. The lowest BCUT2D eigenvalue weighted by atomic mass is 9.80. The van der Waals surface area contributed by atoms with Crippen LogP contribution in [-0.4, -0.2) is 59.6 Å². The Kier molecular flexibility index (Phi) is 4.85. The fourth-order valence-corrected chi connectivity index (χ4v) is 4.50. The van der Waals surface area contributed by atoms with E-state index in [9.17, 15) is 9.90 Å². The number of aliphatic hydroxyl groups is 1. The zero-order valence-electron chi connectivity index (χ0n) is 13.2. The molecule has 2 heterocycles. The predicted molar refractivity (Wildman–Crippen MR) is 83.0 cm³/mol. The van der Waals surface area contributed by atoms with E-state index in [4.69, 9.17) is 0 Å². The molecule has 0 bridgehead atoms. The maximum absolute atomic E-state index is 12.5. The van der Waals surface area contributed by atoms with Crippen molar-refractivity contribution >= 4 is 5.91 Å². The lowest BCUT2D eigenvalue weighted by molar-refractivity contribution is -0.132. The summed E-state index contributed by atoms with van der Waals surface area (Å²) in [6, 6.07) is 0. The van der Waals surface area contributed by atoms with Crippen LogP contribution in [0.4, 0.5) is 0 Å². The van der Waals surface area contributed by atoms with Gasteiger partial charge in [-0.3, -0.25) is 9.69 Å². The van der Waals surface area contributed by atoms with Gasteiger partial charge in [0.05, 0.1) is 12.6 Å². The molecule has 0 aromatic rings. The Labute approximate surface area is 128 Å². The zero-order chi connectivity index (χ0) is 14.7. The molecule has 1 amide bonds. The molecule has 1 N–H and O–H groups in total. The van der Waals surface area contributed by atoms with Crippen molar-refractivity contribution in [3.8, 4) is 0 Å². The number of hydrogen-bond acceptors (Lipinski definition) is 3. The number of β-amino-alcohol motifs (C(OH)–C–C–N with tert-alkyl or cyclic N) is 1. The molecule has 1 atom stereocenters. The van der Waals surface area contributed by atoms with E-state index in [1.807, 2.05) is 0 Å². The highest BCUT2D eigenvalue weighted by molar-refractivity contribution is 5.78. The second-order valence-corrected chi connectivity index (χ2v) is 7.51. The van der Waals surface area contributed by atoms with Gasteiger partial charge >= 0.3 is 0 Å². The van der Waals surface area contributed by atoms with Crippen LogP contribution in [0.2, 0.25) is 0 Å².